The van der Waals surface area contributed by atoms with E-state index in [0.717, 1.165) is 40.8 Å². The first-order valence-corrected chi connectivity index (χ1v) is 5.70. The van der Waals surface area contributed by atoms with Crippen molar-refractivity contribution in [1.29, 1.82) is 0 Å². The molecular weight excluding hydrogens is 216 g/mol. The highest BCUT2D eigenvalue weighted by atomic mass is 16.5. The number of nitrogens with two attached hydrogens (primary N) is 1. The maximum atomic E-state index is 6.27. The van der Waals surface area contributed by atoms with Crippen LogP contribution in [-0.4, -0.2) is 19.2 Å². The number of ether oxygens (including phenoxy) is 2. The molecule has 1 saturated carbocycles. The lowest BCUT2D eigenvalue weighted by atomic mass is 10.0. The summed E-state index contributed by atoms with van der Waals surface area (Å²) in [5.74, 6) is 1.59. The van der Waals surface area contributed by atoms with Gasteiger partial charge in [-0.15, -0.1) is 0 Å². The number of nitrogens with one attached hydrogen (secondary N) is 1. The fourth-order valence-electron chi connectivity index (χ4n) is 2.28. The number of aromatic nitrogens is 1. The van der Waals surface area contributed by atoms with Crippen LogP contribution in [0.4, 0.5) is 0 Å². The molecule has 1 aliphatic rings. The van der Waals surface area contributed by atoms with Crippen LogP contribution < -0.4 is 15.2 Å². The van der Waals surface area contributed by atoms with E-state index in [2.05, 4.69) is 4.98 Å². The molecule has 0 aliphatic heterocycles. The molecule has 0 bridgehead atoms. The highest BCUT2D eigenvalue weighted by molar-refractivity contribution is 5.92. The quantitative estimate of drug-likeness (QED) is 0.852. The zero-order chi connectivity index (χ0) is 12.0. The summed E-state index contributed by atoms with van der Waals surface area (Å²) in [4.78, 5) is 3.24. The molecular formula is C13H16N2O2. The lowest BCUT2D eigenvalue weighted by Gasteiger charge is -2.11. The molecule has 0 amide bonds. The minimum absolute atomic E-state index is 0.167. The van der Waals surface area contributed by atoms with Gasteiger partial charge in [0.15, 0.2) is 0 Å². The first-order valence-electron chi connectivity index (χ1n) is 5.70. The number of rotatable bonds is 3. The lowest BCUT2D eigenvalue weighted by molar-refractivity contribution is 0.397. The minimum atomic E-state index is -0.167. The maximum Gasteiger partial charge on any atom is 0.132 e. The molecule has 0 unspecified atom stereocenters. The summed E-state index contributed by atoms with van der Waals surface area (Å²) in [6, 6.07) is 3.86. The first-order chi connectivity index (χ1) is 8.18. The van der Waals surface area contributed by atoms with E-state index in [-0.39, 0.29) is 5.54 Å². The van der Waals surface area contributed by atoms with Gasteiger partial charge in [0.1, 0.15) is 11.5 Å². The molecule has 0 saturated heterocycles. The number of hydrogen-bond donors (Lipinski definition) is 2. The highest BCUT2D eigenvalue weighted by Gasteiger charge is 2.42. The summed E-state index contributed by atoms with van der Waals surface area (Å²) in [5.41, 5.74) is 8.25. The van der Waals surface area contributed by atoms with Crippen molar-refractivity contribution in [3.63, 3.8) is 0 Å². The predicted molar refractivity (Wildman–Crippen MR) is 66.5 cm³/mol. The van der Waals surface area contributed by atoms with Gasteiger partial charge in [-0.05, 0) is 12.8 Å². The van der Waals surface area contributed by atoms with Gasteiger partial charge in [-0.3, -0.25) is 0 Å². The Labute approximate surface area is 99.7 Å². The number of methoxy groups -OCH3 is 2. The fraction of sp³-hybridized carbons (Fsp3) is 0.385. The van der Waals surface area contributed by atoms with E-state index >= 15 is 0 Å². The van der Waals surface area contributed by atoms with Gasteiger partial charge in [-0.2, -0.15) is 0 Å². The van der Waals surface area contributed by atoms with Crippen molar-refractivity contribution in [2.24, 2.45) is 5.73 Å². The van der Waals surface area contributed by atoms with E-state index in [1.165, 1.54) is 0 Å². The van der Waals surface area contributed by atoms with E-state index in [1.807, 2.05) is 18.3 Å². The first kappa shape index (κ1) is 10.5. The Morgan fingerprint density at radius 2 is 2.00 bits per heavy atom. The second kappa shape index (κ2) is 3.40. The second-order valence-electron chi connectivity index (χ2n) is 4.61. The predicted octanol–water partition coefficient (Wildman–Crippen LogP) is 2.13. The molecule has 4 nitrogen and oxygen atoms in total. The van der Waals surface area contributed by atoms with Crippen molar-refractivity contribution in [2.75, 3.05) is 14.2 Å². The molecule has 90 valence electrons. The zero-order valence-corrected chi connectivity index (χ0v) is 10.0. The summed E-state index contributed by atoms with van der Waals surface area (Å²) in [6.07, 6.45) is 4.06. The van der Waals surface area contributed by atoms with Gasteiger partial charge >= 0.3 is 0 Å². The maximum absolute atomic E-state index is 6.27. The van der Waals surface area contributed by atoms with E-state index in [9.17, 15) is 0 Å². The summed E-state index contributed by atoms with van der Waals surface area (Å²) in [7, 11) is 3.32. The molecule has 1 aromatic carbocycles. The van der Waals surface area contributed by atoms with Crippen LogP contribution >= 0.6 is 0 Å². The van der Waals surface area contributed by atoms with Crippen LogP contribution in [0.15, 0.2) is 18.3 Å². The minimum Gasteiger partial charge on any atom is -0.497 e. The summed E-state index contributed by atoms with van der Waals surface area (Å²) >= 11 is 0. The monoisotopic (exact) mass is 232 g/mol. The standard InChI is InChI=1S/C13H16N2O2/c1-16-8-5-10-12(11(6-8)17-2)9(7-15-10)13(14)3-4-13/h5-7,15H,3-4,14H2,1-2H3. The molecule has 4 heteroatoms. The van der Waals surface area contributed by atoms with Crippen molar-refractivity contribution < 1.29 is 9.47 Å². The molecule has 17 heavy (non-hydrogen) atoms. The molecule has 2 aromatic rings. The Balaban J connectivity index is 2.27. The summed E-state index contributed by atoms with van der Waals surface area (Å²) < 4.78 is 10.7. The van der Waals surface area contributed by atoms with Crippen LogP contribution in [0.1, 0.15) is 18.4 Å². The van der Waals surface area contributed by atoms with Crippen molar-refractivity contribution in [3.8, 4) is 11.5 Å². The third kappa shape index (κ3) is 1.48. The van der Waals surface area contributed by atoms with Crippen LogP contribution in [0.3, 0.4) is 0 Å². The van der Waals surface area contributed by atoms with Gasteiger partial charge < -0.3 is 20.2 Å². The van der Waals surface area contributed by atoms with Crippen molar-refractivity contribution in [1.82, 2.24) is 4.98 Å². The van der Waals surface area contributed by atoms with E-state index in [4.69, 9.17) is 15.2 Å². The average Bonchev–Trinajstić information content (AvgIpc) is 2.94. The third-order valence-corrected chi connectivity index (χ3v) is 3.50. The summed E-state index contributed by atoms with van der Waals surface area (Å²) in [5, 5.41) is 1.08. The molecule has 1 fully saturated rings. The average molecular weight is 232 g/mol. The van der Waals surface area contributed by atoms with Gasteiger partial charge in [0, 0.05) is 34.8 Å². The Morgan fingerprint density at radius 1 is 1.24 bits per heavy atom. The fourth-order valence-corrected chi connectivity index (χ4v) is 2.28. The van der Waals surface area contributed by atoms with Gasteiger partial charge in [-0.25, -0.2) is 0 Å². The zero-order valence-electron chi connectivity index (χ0n) is 10.0. The van der Waals surface area contributed by atoms with Crippen molar-refractivity contribution in [2.45, 2.75) is 18.4 Å². The van der Waals surface area contributed by atoms with Gasteiger partial charge in [0.25, 0.3) is 0 Å². The molecule has 1 aliphatic carbocycles. The Kier molecular flexibility index (Phi) is 2.10. The normalized spacial score (nSPS) is 17.1. The molecule has 3 rings (SSSR count). The Bertz CT molecular complexity index is 570. The lowest BCUT2D eigenvalue weighted by Crippen LogP contribution is -2.18. The third-order valence-electron chi connectivity index (χ3n) is 3.50. The molecule has 1 heterocycles. The van der Waals surface area contributed by atoms with Crippen LogP contribution in [0.5, 0.6) is 11.5 Å². The number of aromatic amines is 1. The number of benzene rings is 1. The molecule has 3 N–H and O–H groups in total. The van der Waals surface area contributed by atoms with Crippen LogP contribution in [0.25, 0.3) is 10.9 Å². The van der Waals surface area contributed by atoms with Gasteiger partial charge in [0.05, 0.1) is 19.7 Å². The van der Waals surface area contributed by atoms with E-state index in [0.29, 0.717) is 0 Å². The van der Waals surface area contributed by atoms with E-state index < -0.39 is 0 Å². The smallest absolute Gasteiger partial charge is 0.132 e. The number of fused-ring (bicyclic) bond motifs is 1. The molecule has 1 aromatic heterocycles. The van der Waals surface area contributed by atoms with Gasteiger partial charge in [0.2, 0.25) is 0 Å². The van der Waals surface area contributed by atoms with Crippen LogP contribution in [0, 0.1) is 0 Å². The number of hydrogen-bond acceptors (Lipinski definition) is 3. The SMILES string of the molecule is COc1cc(OC)c2c(C3(N)CC3)c[nH]c2c1. The Morgan fingerprint density at radius 3 is 2.59 bits per heavy atom. The Hall–Kier alpha value is -1.68. The largest absolute Gasteiger partial charge is 0.497 e. The van der Waals surface area contributed by atoms with E-state index in [1.54, 1.807) is 14.2 Å². The number of H-pyrrole nitrogens is 1. The molecule has 0 atom stereocenters. The van der Waals surface area contributed by atoms with Gasteiger partial charge in [-0.1, -0.05) is 0 Å². The van der Waals surface area contributed by atoms with Crippen molar-refractivity contribution >= 4 is 10.9 Å². The van der Waals surface area contributed by atoms with Crippen molar-refractivity contribution in [3.05, 3.63) is 23.9 Å². The van der Waals surface area contributed by atoms with Crippen LogP contribution in [0.2, 0.25) is 0 Å². The second-order valence-corrected chi connectivity index (χ2v) is 4.61. The van der Waals surface area contributed by atoms with Crippen LogP contribution in [-0.2, 0) is 5.54 Å². The molecule has 0 radical (unpaired) electrons. The molecule has 0 spiro atoms. The topological polar surface area (TPSA) is 60.3 Å². The summed E-state index contributed by atoms with van der Waals surface area (Å²) in [6.45, 7) is 0. The highest BCUT2D eigenvalue weighted by Crippen LogP contribution is 2.48.